The number of sulfonamides is 1. The van der Waals surface area contributed by atoms with Gasteiger partial charge in [-0.1, -0.05) is 11.6 Å². The highest BCUT2D eigenvalue weighted by Crippen LogP contribution is 2.23. The van der Waals surface area contributed by atoms with Crippen molar-refractivity contribution >= 4 is 27.4 Å². The molecule has 0 radical (unpaired) electrons. The Labute approximate surface area is 117 Å². The lowest BCUT2D eigenvalue weighted by Crippen LogP contribution is -2.47. The molecule has 0 aliphatic carbocycles. The van der Waals surface area contributed by atoms with Gasteiger partial charge in [-0.2, -0.15) is 5.26 Å². The van der Waals surface area contributed by atoms with Crippen molar-refractivity contribution in [3.8, 4) is 6.07 Å². The number of anilines is 1. The van der Waals surface area contributed by atoms with Crippen LogP contribution in [0, 0.1) is 11.3 Å². The van der Waals surface area contributed by atoms with Crippen molar-refractivity contribution in [2.75, 3.05) is 18.1 Å². The SMILES string of the molecule is CC(C)(CNc1nccc(C#N)c1Cl)NS(C)(=O)=O. The van der Waals surface area contributed by atoms with Crippen LogP contribution < -0.4 is 10.0 Å². The van der Waals surface area contributed by atoms with Crippen molar-refractivity contribution in [3.63, 3.8) is 0 Å². The maximum Gasteiger partial charge on any atom is 0.209 e. The van der Waals surface area contributed by atoms with Gasteiger partial charge in [0.15, 0.2) is 0 Å². The first-order valence-electron chi connectivity index (χ1n) is 5.42. The molecule has 0 saturated carbocycles. The summed E-state index contributed by atoms with van der Waals surface area (Å²) in [6.07, 6.45) is 2.56. The Bertz CT molecular complexity index is 608. The largest absolute Gasteiger partial charge is 0.367 e. The summed E-state index contributed by atoms with van der Waals surface area (Å²) >= 11 is 5.98. The Morgan fingerprint density at radius 3 is 2.68 bits per heavy atom. The molecule has 0 aromatic carbocycles. The van der Waals surface area contributed by atoms with Crippen LogP contribution >= 0.6 is 11.6 Å². The van der Waals surface area contributed by atoms with E-state index >= 15 is 0 Å². The maximum atomic E-state index is 11.2. The fourth-order valence-corrected chi connectivity index (χ4v) is 2.79. The highest BCUT2D eigenvalue weighted by molar-refractivity contribution is 7.88. The molecule has 1 heterocycles. The van der Waals surface area contributed by atoms with Gasteiger partial charge in [0.2, 0.25) is 10.0 Å². The van der Waals surface area contributed by atoms with E-state index in [1.807, 2.05) is 6.07 Å². The number of aromatic nitrogens is 1. The summed E-state index contributed by atoms with van der Waals surface area (Å²) in [5, 5.41) is 12.0. The van der Waals surface area contributed by atoms with Crippen LogP contribution in [0.5, 0.6) is 0 Å². The van der Waals surface area contributed by atoms with E-state index in [4.69, 9.17) is 16.9 Å². The molecule has 104 valence electrons. The van der Waals surface area contributed by atoms with Crippen LogP contribution in [0.15, 0.2) is 12.3 Å². The molecule has 0 atom stereocenters. The third-order valence-electron chi connectivity index (χ3n) is 2.17. The lowest BCUT2D eigenvalue weighted by Gasteiger charge is -2.25. The summed E-state index contributed by atoms with van der Waals surface area (Å²) in [5.74, 6) is 0.351. The van der Waals surface area contributed by atoms with Crippen LogP contribution in [0.1, 0.15) is 19.4 Å². The van der Waals surface area contributed by atoms with E-state index in [-0.39, 0.29) is 11.6 Å². The van der Waals surface area contributed by atoms with Gasteiger partial charge in [0.1, 0.15) is 16.9 Å². The molecule has 0 saturated heterocycles. The zero-order chi connectivity index (χ0) is 14.7. The Balaban J connectivity index is 2.80. The summed E-state index contributed by atoms with van der Waals surface area (Å²) in [6.45, 7) is 3.73. The highest BCUT2D eigenvalue weighted by Gasteiger charge is 2.22. The van der Waals surface area contributed by atoms with Gasteiger partial charge in [-0.3, -0.25) is 0 Å². The van der Waals surface area contributed by atoms with E-state index in [1.54, 1.807) is 13.8 Å². The molecule has 0 amide bonds. The normalized spacial score (nSPS) is 11.9. The van der Waals surface area contributed by atoms with Gasteiger partial charge in [-0.05, 0) is 19.9 Å². The number of nitriles is 1. The molecule has 0 aliphatic heterocycles. The predicted octanol–water partition coefficient (Wildman–Crippen LogP) is 1.35. The van der Waals surface area contributed by atoms with Gasteiger partial charge < -0.3 is 5.32 Å². The van der Waals surface area contributed by atoms with Crippen LogP contribution in [0.2, 0.25) is 5.02 Å². The first-order valence-corrected chi connectivity index (χ1v) is 7.69. The quantitative estimate of drug-likeness (QED) is 0.856. The van der Waals surface area contributed by atoms with Gasteiger partial charge in [-0.25, -0.2) is 18.1 Å². The Kier molecular flexibility index (Phi) is 4.74. The number of hydrogen-bond donors (Lipinski definition) is 2. The molecule has 0 fully saturated rings. The molecule has 0 unspecified atom stereocenters. The average molecular weight is 303 g/mol. The van der Waals surface area contributed by atoms with E-state index in [1.165, 1.54) is 12.3 Å². The highest BCUT2D eigenvalue weighted by atomic mass is 35.5. The second-order valence-electron chi connectivity index (χ2n) is 4.74. The lowest BCUT2D eigenvalue weighted by molar-refractivity contribution is 0.476. The van der Waals surface area contributed by atoms with E-state index in [2.05, 4.69) is 15.0 Å². The van der Waals surface area contributed by atoms with Crippen molar-refractivity contribution in [2.24, 2.45) is 0 Å². The first-order chi connectivity index (χ1) is 8.64. The van der Waals surface area contributed by atoms with Crippen LogP contribution in [0.3, 0.4) is 0 Å². The fraction of sp³-hybridized carbons (Fsp3) is 0.455. The maximum absolute atomic E-state index is 11.2. The van der Waals surface area contributed by atoms with Crippen molar-refractivity contribution in [2.45, 2.75) is 19.4 Å². The number of pyridine rings is 1. The summed E-state index contributed by atoms with van der Waals surface area (Å²) in [4.78, 5) is 4.02. The standard InChI is InChI=1S/C11H15ClN4O2S/c1-11(2,16-19(3,17)18)7-15-10-9(12)8(6-13)4-5-14-10/h4-5,16H,7H2,1-3H3,(H,14,15). The van der Waals surface area contributed by atoms with Crippen molar-refractivity contribution in [3.05, 3.63) is 22.8 Å². The minimum absolute atomic E-state index is 0.222. The van der Waals surface area contributed by atoms with E-state index < -0.39 is 15.6 Å². The molecular formula is C11H15ClN4O2S. The zero-order valence-corrected chi connectivity index (χ0v) is 12.4. The number of rotatable bonds is 5. The smallest absolute Gasteiger partial charge is 0.209 e. The monoisotopic (exact) mass is 302 g/mol. The second kappa shape index (κ2) is 5.74. The average Bonchev–Trinajstić information content (AvgIpc) is 2.24. The molecule has 1 aromatic heterocycles. The zero-order valence-electron chi connectivity index (χ0n) is 10.9. The predicted molar refractivity (Wildman–Crippen MR) is 74.5 cm³/mol. The summed E-state index contributed by atoms with van der Waals surface area (Å²) in [6, 6.07) is 3.45. The summed E-state index contributed by atoms with van der Waals surface area (Å²) in [7, 11) is -3.30. The van der Waals surface area contributed by atoms with Gasteiger partial charge >= 0.3 is 0 Å². The number of nitrogens with zero attached hydrogens (tertiary/aromatic N) is 2. The van der Waals surface area contributed by atoms with E-state index in [0.29, 0.717) is 11.4 Å². The molecule has 0 bridgehead atoms. The second-order valence-corrected chi connectivity index (χ2v) is 6.87. The van der Waals surface area contributed by atoms with E-state index in [0.717, 1.165) is 6.26 Å². The van der Waals surface area contributed by atoms with Crippen LogP contribution in [0.25, 0.3) is 0 Å². The van der Waals surface area contributed by atoms with Gasteiger partial charge in [0.05, 0.1) is 11.8 Å². The van der Waals surface area contributed by atoms with Gasteiger partial charge in [0.25, 0.3) is 0 Å². The molecule has 0 aliphatic rings. The van der Waals surface area contributed by atoms with Crippen LogP contribution in [0.4, 0.5) is 5.82 Å². The molecule has 0 spiro atoms. The molecule has 1 rings (SSSR count). The molecule has 6 nitrogen and oxygen atoms in total. The Morgan fingerprint density at radius 1 is 1.53 bits per heavy atom. The first kappa shape index (κ1) is 15.7. The number of halogens is 1. The topological polar surface area (TPSA) is 94.9 Å². The third kappa shape index (κ3) is 5.03. The Morgan fingerprint density at radius 2 is 2.16 bits per heavy atom. The van der Waals surface area contributed by atoms with Crippen molar-refractivity contribution in [1.82, 2.24) is 9.71 Å². The van der Waals surface area contributed by atoms with E-state index in [9.17, 15) is 8.42 Å². The minimum Gasteiger partial charge on any atom is -0.367 e. The number of hydrogen-bond acceptors (Lipinski definition) is 5. The van der Waals surface area contributed by atoms with Crippen LogP contribution in [-0.4, -0.2) is 31.7 Å². The van der Waals surface area contributed by atoms with Crippen LogP contribution in [-0.2, 0) is 10.0 Å². The van der Waals surface area contributed by atoms with Gasteiger partial charge in [0, 0.05) is 18.3 Å². The summed E-state index contributed by atoms with van der Waals surface area (Å²) in [5.41, 5.74) is -0.394. The molecule has 1 aromatic rings. The molecule has 19 heavy (non-hydrogen) atoms. The fourth-order valence-electron chi connectivity index (χ4n) is 1.50. The van der Waals surface area contributed by atoms with Crippen molar-refractivity contribution in [1.29, 1.82) is 5.26 Å². The molecule has 8 heteroatoms. The lowest BCUT2D eigenvalue weighted by atomic mass is 10.1. The molecular weight excluding hydrogens is 288 g/mol. The Hall–Kier alpha value is -1.36. The van der Waals surface area contributed by atoms with Gasteiger partial charge in [-0.15, -0.1) is 0 Å². The summed E-state index contributed by atoms with van der Waals surface area (Å²) < 4.78 is 24.9. The number of nitrogens with one attached hydrogen (secondary N) is 2. The minimum atomic E-state index is -3.30. The molecule has 2 N–H and O–H groups in total. The van der Waals surface area contributed by atoms with Crippen molar-refractivity contribution < 1.29 is 8.42 Å². The third-order valence-corrected chi connectivity index (χ3v) is 3.48.